The van der Waals surface area contributed by atoms with E-state index in [0.29, 0.717) is 0 Å². The lowest BCUT2D eigenvalue weighted by molar-refractivity contribution is 0.0327. The summed E-state index contributed by atoms with van der Waals surface area (Å²) in [5.74, 6) is 1.85. The van der Waals surface area contributed by atoms with Crippen LogP contribution in [-0.2, 0) is 17.8 Å². The number of ether oxygens (including phenoxy) is 1. The number of benzene rings is 1. The fourth-order valence-corrected chi connectivity index (χ4v) is 4.77. The smallest absolute Gasteiger partial charge is 0.160 e. The summed E-state index contributed by atoms with van der Waals surface area (Å²) in [7, 11) is 0. The second-order valence-electron chi connectivity index (χ2n) is 8.43. The van der Waals surface area contributed by atoms with Crippen molar-refractivity contribution < 1.29 is 4.74 Å². The van der Waals surface area contributed by atoms with Gasteiger partial charge in [-0.1, -0.05) is 43.5 Å². The highest BCUT2D eigenvalue weighted by molar-refractivity contribution is 5.71. The molecular weight excluding hydrogens is 360 g/mol. The van der Waals surface area contributed by atoms with E-state index in [2.05, 4.69) is 44.8 Å². The van der Waals surface area contributed by atoms with Crippen molar-refractivity contribution in [1.29, 1.82) is 0 Å². The Labute approximate surface area is 172 Å². The molecule has 3 heterocycles. The van der Waals surface area contributed by atoms with Crippen LogP contribution in [0.3, 0.4) is 0 Å². The van der Waals surface area contributed by atoms with Crippen molar-refractivity contribution in [3.05, 3.63) is 59.5 Å². The summed E-state index contributed by atoms with van der Waals surface area (Å²) in [5.41, 5.74) is 4.79. The van der Waals surface area contributed by atoms with Gasteiger partial charge >= 0.3 is 0 Å². The van der Waals surface area contributed by atoms with Gasteiger partial charge in [0.1, 0.15) is 11.3 Å². The number of fused-ring (bicyclic) bond motifs is 1. The summed E-state index contributed by atoms with van der Waals surface area (Å²) in [6, 6.07) is 13.3. The lowest BCUT2D eigenvalue weighted by atomic mass is 9.84. The van der Waals surface area contributed by atoms with Crippen molar-refractivity contribution in [3.63, 3.8) is 0 Å². The van der Waals surface area contributed by atoms with Crippen molar-refractivity contribution in [2.24, 2.45) is 0 Å². The topological polar surface area (TPSA) is 43.2 Å². The minimum atomic E-state index is 0.755. The molecule has 0 atom stereocenters. The first-order valence-corrected chi connectivity index (χ1v) is 11.1. The van der Waals surface area contributed by atoms with Crippen LogP contribution in [0.25, 0.3) is 11.2 Å². The second-order valence-corrected chi connectivity index (χ2v) is 8.43. The molecule has 2 aliphatic rings. The molecule has 1 saturated carbocycles. The molecule has 152 valence electrons. The van der Waals surface area contributed by atoms with Gasteiger partial charge in [-0.15, -0.1) is 0 Å². The second kappa shape index (κ2) is 8.64. The van der Waals surface area contributed by atoms with Crippen molar-refractivity contribution in [2.75, 3.05) is 26.3 Å². The van der Waals surface area contributed by atoms with Crippen LogP contribution in [0.2, 0.25) is 0 Å². The maximum atomic E-state index is 5.50. The minimum Gasteiger partial charge on any atom is -0.379 e. The van der Waals surface area contributed by atoms with Crippen LogP contribution < -0.4 is 0 Å². The van der Waals surface area contributed by atoms with Crippen LogP contribution in [0, 0.1) is 0 Å². The number of aromatic nitrogens is 3. The van der Waals surface area contributed by atoms with Gasteiger partial charge in [0.25, 0.3) is 0 Å². The van der Waals surface area contributed by atoms with Gasteiger partial charge in [0.05, 0.1) is 26.3 Å². The van der Waals surface area contributed by atoms with E-state index >= 15 is 0 Å². The van der Waals surface area contributed by atoms with Crippen LogP contribution in [0.15, 0.2) is 42.6 Å². The van der Waals surface area contributed by atoms with E-state index in [1.54, 1.807) is 0 Å². The van der Waals surface area contributed by atoms with Gasteiger partial charge < -0.3 is 9.30 Å². The number of nitrogens with zero attached hydrogens (tertiary/aromatic N) is 4. The molecule has 5 rings (SSSR count). The Hall–Kier alpha value is -2.24. The lowest BCUT2D eigenvalue weighted by Gasteiger charge is -2.26. The molecule has 29 heavy (non-hydrogen) atoms. The summed E-state index contributed by atoms with van der Waals surface area (Å²) in [5, 5.41) is 0. The molecule has 1 aliphatic heterocycles. The van der Waals surface area contributed by atoms with Crippen LogP contribution in [0.1, 0.15) is 55.0 Å². The Morgan fingerprint density at radius 3 is 2.52 bits per heavy atom. The van der Waals surface area contributed by atoms with E-state index in [1.807, 2.05) is 12.3 Å². The minimum absolute atomic E-state index is 0.755. The largest absolute Gasteiger partial charge is 0.379 e. The van der Waals surface area contributed by atoms with Crippen molar-refractivity contribution in [2.45, 2.75) is 51.1 Å². The predicted molar refractivity (Wildman–Crippen MR) is 115 cm³/mol. The third-order valence-electron chi connectivity index (χ3n) is 6.45. The molecule has 3 aromatic rings. The summed E-state index contributed by atoms with van der Waals surface area (Å²) in [4.78, 5) is 12.0. The standard InChI is InChI=1S/C24H30N4O/c1-2-5-20(6-3-1)21-10-8-19(9-11-21)17-28-23(18-27-13-15-29-16-14-27)26-22-7-4-12-25-24(22)28/h4,7-12,20H,1-3,5-6,13-18H2. The monoisotopic (exact) mass is 390 g/mol. The van der Waals surface area contributed by atoms with E-state index < -0.39 is 0 Å². The number of imidazole rings is 1. The zero-order valence-corrected chi connectivity index (χ0v) is 17.1. The van der Waals surface area contributed by atoms with Gasteiger partial charge in [-0.2, -0.15) is 0 Å². The van der Waals surface area contributed by atoms with Gasteiger partial charge in [0.15, 0.2) is 5.65 Å². The molecule has 0 bridgehead atoms. The molecule has 2 aromatic heterocycles. The molecule has 0 unspecified atom stereocenters. The van der Waals surface area contributed by atoms with Crippen molar-refractivity contribution in [3.8, 4) is 0 Å². The average Bonchev–Trinajstić information content (AvgIpc) is 3.12. The molecule has 0 N–H and O–H groups in total. The first kappa shape index (κ1) is 18.8. The van der Waals surface area contributed by atoms with Gasteiger partial charge in [0.2, 0.25) is 0 Å². The quantitative estimate of drug-likeness (QED) is 0.649. The third kappa shape index (κ3) is 4.21. The maximum absolute atomic E-state index is 5.50. The summed E-state index contributed by atoms with van der Waals surface area (Å²) in [6.07, 6.45) is 8.72. The van der Waals surface area contributed by atoms with Crippen molar-refractivity contribution >= 4 is 11.2 Å². The van der Waals surface area contributed by atoms with E-state index in [4.69, 9.17) is 9.72 Å². The molecule has 0 spiro atoms. The fraction of sp³-hybridized carbons (Fsp3) is 0.500. The van der Waals surface area contributed by atoms with Crippen LogP contribution in [-0.4, -0.2) is 45.7 Å². The van der Waals surface area contributed by atoms with E-state index in [9.17, 15) is 0 Å². The molecule has 1 aromatic carbocycles. The average molecular weight is 391 g/mol. The number of morpholine rings is 1. The highest BCUT2D eigenvalue weighted by Gasteiger charge is 2.18. The van der Waals surface area contributed by atoms with Gasteiger partial charge in [-0.05, 0) is 42.0 Å². The Morgan fingerprint density at radius 1 is 0.931 bits per heavy atom. The molecule has 2 fully saturated rings. The van der Waals surface area contributed by atoms with Crippen molar-refractivity contribution in [1.82, 2.24) is 19.4 Å². The SMILES string of the molecule is c1cnc2c(c1)nc(CN1CCOCC1)n2Cc1ccc(C2CCCCC2)cc1. The van der Waals surface area contributed by atoms with Gasteiger partial charge in [0, 0.05) is 19.3 Å². The van der Waals surface area contributed by atoms with E-state index in [-0.39, 0.29) is 0 Å². The molecular formula is C24H30N4O. The normalized spacial score (nSPS) is 19.0. The molecule has 1 saturated heterocycles. The highest BCUT2D eigenvalue weighted by Crippen LogP contribution is 2.32. The summed E-state index contributed by atoms with van der Waals surface area (Å²) < 4.78 is 7.79. The number of hydrogen-bond donors (Lipinski definition) is 0. The Morgan fingerprint density at radius 2 is 1.72 bits per heavy atom. The molecule has 5 heteroatoms. The molecule has 1 aliphatic carbocycles. The summed E-state index contributed by atoms with van der Waals surface area (Å²) in [6.45, 7) is 5.21. The number of hydrogen-bond acceptors (Lipinski definition) is 4. The maximum Gasteiger partial charge on any atom is 0.160 e. The highest BCUT2D eigenvalue weighted by atomic mass is 16.5. The molecule has 0 amide bonds. The van der Waals surface area contributed by atoms with Crippen LogP contribution in [0.4, 0.5) is 0 Å². The fourth-order valence-electron chi connectivity index (χ4n) is 4.77. The first-order valence-electron chi connectivity index (χ1n) is 11.1. The Balaban J connectivity index is 1.39. The van der Waals surface area contributed by atoms with E-state index in [0.717, 1.165) is 62.3 Å². The first-order chi connectivity index (χ1) is 14.4. The van der Waals surface area contributed by atoms with Gasteiger partial charge in [-0.25, -0.2) is 9.97 Å². The molecule has 5 nitrogen and oxygen atoms in total. The zero-order valence-electron chi connectivity index (χ0n) is 17.1. The van der Waals surface area contributed by atoms with Crippen LogP contribution in [0.5, 0.6) is 0 Å². The van der Waals surface area contributed by atoms with Crippen LogP contribution >= 0.6 is 0 Å². The number of rotatable bonds is 5. The lowest BCUT2D eigenvalue weighted by Crippen LogP contribution is -2.36. The Kier molecular flexibility index (Phi) is 5.59. The third-order valence-corrected chi connectivity index (χ3v) is 6.45. The van der Waals surface area contributed by atoms with E-state index in [1.165, 1.54) is 43.2 Å². The molecule has 0 radical (unpaired) electrons. The predicted octanol–water partition coefficient (Wildman–Crippen LogP) is 4.36. The number of pyridine rings is 1. The summed E-state index contributed by atoms with van der Waals surface area (Å²) >= 11 is 0. The Bertz CT molecular complexity index is 937. The van der Waals surface area contributed by atoms with Gasteiger partial charge in [-0.3, -0.25) is 4.90 Å². The zero-order chi connectivity index (χ0) is 19.5.